The largest absolute Gasteiger partial charge is 0.345 e. The van der Waals surface area contributed by atoms with Crippen molar-refractivity contribution in [1.29, 1.82) is 5.26 Å². The second-order valence-corrected chi connectivity index (χ2v) is 10.1. The number of aryl methyl sites for hydroxylation is 2. The average molecular weight is 491 g/mol. The molecule has 1 aliphatic rings. The number of pyridine rings is 1. The number of fused-ring (bicyclic) bond motifs is 1. The molecule has 0 bridgehead atoms. The highest BCUT2D eigenvalue weighted by molar-refractivity contribution is 7.85. The number of hydrogen-bond donors (Lipinski definition) is 2. The molecule has 2 aromatic heterocycles. The topological polar surface area (TPSA) is 95.1 Å². The number of nitriles is 1. The van der Waals surface area contributed by atoms with Crippen molar-refractivity contribution in [2.45, 2.75) is 30.7 Å². The fourth-order valence-electron chi connectivity index (χ4n) is 4.14. The van der Waals surface area contributed by atoms with Crippen LogP contribution in [0.3, 0.4) is 0 Å². The van der Waals surface area contributed by atoms with Gasteiger partial charge in [0.05, 0.1) is 4.90 Å². The highest BCUT2D eigenvalue weighted by Crippen LogP contribution is 2.28. The lowest BCUT2D eigenvalue weighted by Gasteiger charge is -2.22. The molecule has 4 rings (SSSR count). The number of aromatic nitrogens is 2. The third kappa shape index (κ3) is 5.56. The summed E-state index contributed by atoms with van der Waals surface area (Å²) in [5.41, 5.74) is 2.60. The number of carbonyl (C=O) groups is 1. The van der Waals surface area contributed by atoms with Gasteiger partial charge in [-0.25, -0.2) is 14.1 Å². The molecule has 3 aromatic rings. The van der Waals surface area contributed by atoms with Gasteiger partial charge in [0, 0.05) is 54.5 Å². The van der Waals surface area contributed by atoms with E-state index in [9.17, 15) is 9.18 Å². The maximum Gasteiger partial charge on any atom is 0.272 e. The van der Waals surface area contributed by atoms with Crippen molar-refractivity contribution in [3.63, 3.8) is 0 Å². The van der Waals surface area contributed by atoms with Gasteiger partial charge >= 0.3 is 0 Å². The Bertz CT molecular complexity index is 1340. The molecule has 1 aromatic carbocycles. The number of benzene rings is 1. The van der Waals surface area contributed by atoms with E-state index in [1.807, 2.05) is 18.3 Å². The molecular formula is C26H27FN6OS. The molecule has 0 radical (unpaired) electrons. The fourth-order valence-corrected chi connectivity index (χ4v) is 5.77. The van der Waals surface area contributed by atoms with Crippen molar-refractivity contribution in [2.24, 2.45) is 17.3 Å². The second kappa shape index (κ2) is 10.8. The highest BCUT2D eigenvalue weighted by atomic mass is 32.2. The summed E-state index contributed by atoms with van der Waals surface area (Å²) in [6.07, 6.45) is 7.98. The minimum Gasteiger partial charge on any atom is -0.345 e. The minimum atomic E-state index is -0.826. The van der Waals surface area contributed by atoms with Crippen molar-refractivity contribution in [3.8, 4) is 6.07 Å². The van der Waals surface area contributed by atoms with Crippen LogP contribution in [0.4, 0.5) is 10.1 Å². The Balaban J connectivity index is 1.58. The first-order valence-electron chi connectivity index (χ1n) is 11.3. The molecular weight excluding hydrogens is 463 g/mol. The first kappa shape index (κ1) is 24.5. The Morgan fingerprint density at radius 2 is 2.14 bits per heavy atom. The summed E-state index contributed by atoms with van der Waals surface area (Å²) in [4.78, 5) is 17.6. The minimum absolute atomic E-state index is 0.0897. The van der Waals surface area contributed by atoms with Gasteiger partial charge in [-0.05, 0) is 30.4 Å². The van der Waals surface area contributed by atoms with Crippen LogP contribution in [0, 0.1) is 23.2 Å². The summed E-state index contributed by atoms with van der Waals surface area (Å²) in [5.74, 6) is -0.877. The number of amides is 1. The number of rotatable bonds is 6. The van der Waals surface area contributed by atoms with E-state index in [4.69, 9.17) is 5.26 Å². The van der Waals surface area contributed by atoms with Gasteiger partial charge in [0.2, 0.25) is 5.95 Å². The molecule has 0 saturated heterocycles. The lowest BCUT2D eigenvalue weighted by Crippen LogP contribution is -2.34. The van der Waals surface area contributed by atoms with Crippen molar-refractivity contribution < 1.29 is 9.18 Å². The highest BCUT2D eigenvalue weighted by Gasteiger charge is 2.26. The van der Waals surface area contributed by atoms with Crippen LogP contribution in [-0.2, 0) is 24.3 Å². The Morgan fingerprint density at radius 1 is 1.37 bits per heavy atom. The number of anilines is 1. The van der Waals surface area contributed by atoms with Crippen molar-refractivity contribution in [2.75, 3.05) is 12.4 Å². The molecule has 9 heteroatoms. The molecule has 0 fully saturated rings. The summed E-state index contributed by atoms with van der Waals surface area (Å²) in [5, 5.41) is 11.7. The average Bonchev–Trinajstić information content (AvgIpc) is 3.07. The number of nitrogens with zero attached hydrogens (tertiary/aromatic N) is 4. The number of carbonyl (C=O) groups excluding carboxylic acids is 1. The quantitative estimate of drug-likeness (QED) is 0.492. The zero-order chi connectivity index (χ0) is 24.9. The summed E-state index contributed by atoms with van der Waals surface area (Å²) in [6, 6.07) is 14.7. The molecule has 0 saturated carbocycles. The van der Waals surface area contributed by atoms with E-state index >= 15 is 0 Å². The molecule has 3 atom stereocenters. The zero-order valence-electron chi connectivity index (χ0n) is 19.8. The van der Waals surface area contributed by atoms with Crippen LogP contribution in [0.25, 0.3) is 6.08 Å². The standard InChI is InChI=1S/C26H27FN6OS/c1-17(9-10-18-7-5-4-6-8-18)22-12-11-21-23(35(29-2)32-22)16-33(3)25(21)26(34)31-19-13-20(15-28)30-24(27)14-19/h4-8,11-14,16-17,22H,9-10H2,1-3H3,(H,29,32)(H,30,31,34). The molecule has 35 heavy (non-hydrogen) atoms. The Kier molecular flexibility index (Phi) is 7.54. The van der Waals surface area contributed by atoms with Gasteiger partial charge in [-0.2, -0.15) is 9.65 Å². The van der Waals surface area contributed by atoms with Crippen LogP contribution in [0.1, 0.15) is 40.7 Å². The second-order valence-electron chi connectivity index (χ2n) is 8.47. The molecule has 180 valence electrons. The van der Waals surface area contributed by atoms with E-state index in [0.717, 1.165) is 29.4 Å². The van der Waals surface area contributed by atoms with E-state index in [0.29, 0.717) is 11.6 Å². The fraction of sp³-hybridized carbons (Fsp3) is 0.269. The lowest BCUT2D eigenvalue weighted by atomic mass is 9.94. The van der Waals surface area contributed by atoms with Crippen LogP contribution in [-0.4, -0.2) is 28.5 Å². The Hall–Kier alpha value is -3.61. The first-order valence-corrected chi connectivity index (χ1v) is 12.5. The number of halogens is 1. The van der Waals surface area contributed by atoms with E-state index in [1.54, 1.807) is 24.7 Å². The molecule has 3 heterocycles. The Labute approximate surface area is 206 Å². The van der Waals surface area contributed by atoms with Crippen LogP contribution < -0.4 is 10.0 Å². The SMILES string of the molecule is C/N=S1/NC(C(C)CCc2ccccc2)C=Cc2c1cn(C)c2C(=O)Nc1cc(F)nc(C#N)c1. The molecule has 1 aliphatic heterocycles. The summed E-state index contributed by atoms with van der Waals surface area (Å²) >= 11 is 0. The van der Waals surface area contributed by atoms with Gasteiger partial charge in [0.25, 0.3) is 5.91 Å². The number of nitrogens with one attached hydrogen (secondary N) is 2. The van der Waals surface area contributed by atoms with Gasteiger partial charge in [0.1, 0.15) is 17.5 Å². The Morgan fingerprint density at radius 3 is 2.86 bits per heavy atom. The smallest absolute Gasteiger partial charge is 0.272 e. The molecule has 2 N–H and O–H groups in total. The van der Waals surface area contributed by atoms with E-state index in [-0.39, 0.29) is 17.4 Å². The summed E-state index contributed by atoms with van der Waals surface area (Å²) < 4.78 is 23.7. The van der Waals surface area contributed by atoms with Crippen LogP contribution >= 0.6 is 0 Å². The van der Waals surface area contributed by atoms with Crippen LogP contribution in [0.5, 0.6) is 0 Å². The summed E-state index contributed by atoms with van der Waals surface area (Å²) in [6.45, 7) is 2.22. The van der Waals surface area contributed by atoms with E-state index in [2.05, 4.69) is 56.7 Å². The van der Waals surface area contributed by atoms with Gasteiger partial charge in [0.15, 0.2) is 0 Å². The van der Waals surface area contributed by atoms with Crippen molar-refractivity contribution >= 4 is 28.5 Å². The number of hydrogen-bond acceptors (Lipinski definition) is 4. The van der Waals surface area contributed by atoms with E-state index < -0.39 is 22.7 Å². The van der Waals surface area contributed by atoms with Gasteiger partial charge < -0.3 is 9.88 Å². The maximum absolute atomic E-state index is 13.8. The molecule has 0 spiro atoms. The van der Waals surface area contributed by atoms with Crippen molar-refractivity contribution in [3.05, 3.63) is 83.2 Å². The van der Waals surface area contributed by atoms with E-state index in [1.165, 1.54) is 11.6 Å². The maximum atomic E-state index is 13.8. The normalized spacial score (nSPS) is 17.9. The third-order valence-corrected chi connectivity index (χ3v) is 7.62. The summed E-state index contributed by atoms with van der Waals surface area (Å²) in [7, 11) is 2.96. The predicted octanol–water partition coefficient (Wildman–Crippen LogP) is 4.64. The van der Waals surface area contributed by atoms with Crippen LogP contribution in [0.2, 0.25) is 0 Å². The van der Waals surface area contributed by atoms with Gasteiger partial charge in [-0.3, -0.25) is 4.79 Å². The predicted molar refractivity (Wildman–Crippen MR) is 136 cm³/mol. The molecule has 1 amide bonds. The zero-order valence-corrected chi connectivity index (χ0v) is 20.6. The van der Waals surface area contributed by atoms with Gasteiger partial charge in [-0.15, -0.1) is 0 Å². The van der Waals surface area contributed by atoms with Crippen LogP contribution in [0.15, 0.2) is 64.0 Å². The molecule has 0 aliphatic carbocycles. The molecule has 7 nitrogen and oxygen atoms in total. The molecule has 3 unspecified atom stereocenters. The van der Waals surface area contributed by atoms with Crippen molar-refractivity contribution in [1.82, 2.24) is 14.3 Å². The van der Waals surface area contributed by atoms with Gasteiger partial charge in [-0.1, -0.05) is 49.4 Å². The lowest BCUT2D eigenvalue weighted by molar-refractivity contribution is 0.101. The first-order chi connectivity index (χ1) is 16.9. The third-order valence-electron chi connectivity index (χ3n) is 6.02. The monoisotopic (exact) mass is 490 g/mol.